The number of carbonyl (C=O) groups excluding carboxylic acids is 1. The van der Waals surface area contributed by atoms with Crippen molar-refractivity contribution in [3.05, 3.63) is 29.8 Å². The lowest BCUT2D eigenvalue weighted by Gasteiger charge is -2.07. The summed E-state index contributed by atoms with van der Waals surface area (Å²) in [7, 11) is 0. The second-order valence-corrected chi connectivity index (χ2v) is 4.68. The third-order valence-corrected chi connectivity index (χ3v) is 2.93. The first-order chi connectivity index (χ1) is 9.76. The van der Waals surface area contributed by atoms with E-state index in [9.17, 15) is 4.79 Å². The summed E-state index contributed by atoms with van der Waals surface area (Å²) in [5.74, 6) is 0.986. The van der Waals surface area contributed by atoms with Crippen LogP contribution in [0.25, 0.3) is 0 Å². The molecule has 2 N–H and O–H groups in total. The molecular weight excluding hydrogens is 288 g/mol. The lowest BCUT2D eigenvalue weighted by Crippen LogP contribution is -2.32. The first-order valence-corrected chi connectivity index (χ1v) is 7.45. The molecule has 1 rings (SSSR count). The topological polar surface area (TPSA) is 50.4 Å². The third-order valence-electron chi connectivity index (χ3n) is 2.93. The van der Waals surface area contributed by atoms with Crippen LogP contribution < -0.4 is 15.4 Å². The quantitative estimate of drug-likeness (QED) is 0.653. The Hall–Kier alpha value is -1.26. The molecule has 0 radical (unpaired) electrons. The fourth-order valence-electron chi connectivity index (χ4n) is 1.86. The van der Waals surface area contributed by atoms with E-state index in [1.807, 2.05) is 31.2 Å². The van der Waals surface area contributed by atoms with Gasteiger partial charge in [-0.2, -0.15) is 0 Å². The molecular formula is C16H27ClN2O2. The molecule has 1 aromatic rings. The summed E-state index contributed by atoms with van der Waals surface area (Å²) in [4.78, 5) is 11.7. The molecule has 0 unspecified atom stereocenters. The summed E-state index contributed by atoms with van der Waals surface area (Å²) in [5, 5.41) is 6.17. The molecule has 0 aliphatic heterocycles. The highest BCUT2D eigenvalue weighted by molar-refractivity contribution is 5.85. The van der Waals surface area contributed by atoms with Crippen LogP contribution in [0.4, 0.5) is 0 Å². The lowest BCUT2D eigenvalue weighted by atomic mass is 10.1. The minimum atomic E-state index is 0. The number of hydrogen-bond donors (Lipinski definition) is 2. The molecule has 21 heavy (non-hydrogen) atoms. The smallest absolute Gasteiger partial charge is 0.220 e. The Bertz CT molecular complexity index is 382. The number of rotatable bonds is 10. The van der Waals surface area contributed by atoms with Crippen molar-refractivity contribution in [2.24, 2.45) is 0 Å². The van der Waals surface area contributed by atoms with Crippen LogP contribution in [0.2, 0.25) is 0 Å². The molecule has 0 saturated carbocycles. The van der Waals surface area contributed by atoms with Gasteiger partial charge in [0.25, 0.3) is 0 Å². The number of halogens is 1. The highest BCUT2D eigenvalue weighted by Crippen LogP contribution is 2.13. The Morgan fingerprint density at radius 1 is 1.10 bits per heavy atom. The average Bonchev–Trinajstić information content (AvgIpc) is 2.47. The maximum absolute atomic E-state index is 11.7. The van der Waals surface area contributed by atoms with E-state index in [0.717, 1.165) is 37.2 Å². The lowest BCUT2D eigenvalue weighted by molar-refractivity contribution is -0.121. The predicted octanol–water partition coefficient (Wildman–Crippen LogP) is 2.56. The van der Waals surface area contributed by atoms with Gasteiger partial charge in [0.15, 0.2) is 0 Å². The van der Waals surface area contributed by atoms with Crippen molar-refractivity contribution in [1.82, 2.24) is 10.6 Å². The van der Waals surface area contributed by atoms with Crippen LogP contribution in [0.5, 0.6) is 5.75 Å². The summed E-state index contributed by atoms with van der Waals surface area (Å²) in [6.07, 6.45) is 2.41. The Morgan fingerprint density at radius 3 is 2.43 bits per heavy atom. The second-order valence-electron chi connectivity index (χ2n) is 4.68. The van der Waals surface area contributed by atoms with Crippen LogP contribution in [0, 0.1) is 0 Å². The zero-order valence-electron chi connectivity index (χ0n) is 13.0. The Balaban J connectivity index is 0.00000400. The van der Waals surface area contributed by atoms with Crippen molar-refractivity contribution in [2.75, 3.05) is 26.2 Å². The van der Waals surface area contributed by atoms with Crippen LogP contribution in [-0.4, -0.2) is 32.1 Å². The predicted molar refractivity (Wildman–Crippen MR) is 89.4 cm³/mol. The molecule has 0 aliphatic carbocycles. The van der Waals surface area contributed by atoms with E-state index in [-0.39, 0.29) is 18.3 Å². The van der Waals surface area contributed by atoms with Gasteiger partial charge < -0.3 is 15.4 Å². The van der Waals surface area contributed by atoms with Gasteiger partial charge in [-0.1, -0.05) is 19.1 Å². The monoisotopic (exact) mass is 314 g/mol. The molecule has 0 fully saturated rings. The van der Waals surface area contributed by atoms with Gasteiger partial charge in [-0.15, -0.1) is 12.4 Å². The second kappa shape index (κ2) is 12.5. The van der Waals surface area contributed by atoms with Gasteiger partial charge in [0.2, 0.25) is 5.91 Å². The number of ether oxygens (including phenoxy) is 1. The fourth-order valence-corrected chi connectivity index (χ4v) is 1.86. The van der Waals surface area contributed by atoms with Gasteiger partial charge in [-0.25, -0.2) is 0 Å². The summed E-state index contributed by atoms with van der Waals surface area (Å²) in [5.41, 5.74) is 1.16. The van der Waals surface area contributed by atoms with E-state index in [4.69, 9.17) is 4.74 Å². The molecule has 1 amide bonds. The molecule has 0 aliphatic rings. The number of amides is 1. The van der Waals surface area contributed by atoms with E-state index in [0.29, 0.717) is 19.6 Å². The van der Waals surface area contributed by atoms with E-state index in [2.05, 4.69) is 17.6 Å². The number of carbonyl (C=O) groups is 1. The van der Waals surface area contributed by atoms with Crippen LogP contribution >= 0.6 is 12.4 Å². The molecule has 120 valence electrons. The van der Waals surface area contributed by atoms with E-state index < -0.39 is 0 Å². The van der Waals surface area contributed by atoms with Gasteiger partial charge in [-0.05, 0) is 44.0 Å². The van der Waals surface area contributed by atoms with Gasteiger partial charge in [0, 0.05) is 19.5 Å². The van der Waals surface area contributed by atoms with Crippen LogP contribution in [0.3, 0.4) is 0 Å². The SMILES string of the molecule is CCCNCCNC(=O)CCc1ccc(OCC)cc1.Cl. The van der Waals surface area contributed by atoms with Crippen molar-refractivity contribution >= 4 is 18.3 Å². The molecule has 0 aromatic heterocycles. The normalized spacial score (nSPS) is 9.81. The molecule has 1 aromatic carbocycles. The van der Waals surface area contributed by atoms with Crippen molar-refractivity contribution in [3.63, 3.8) is 0 Å². The number of aryl methyl sites for hydroxylation is 1. The first-order valence-electron chi connectivity index (χ1n) is 7.45. The molecule has 0 atom stereocenters. The zero-order valence-corrected chi connectivity index (χ0v) is 13.8. The molecule has 0 bridgehead atoms. The number of hydrogen-bond acceptors (Lipinski definition) is 3. The highest BCUT2D eigenvalue weighted by Gasteiger charge is 2.02. The summed E-state index contributed by atoms with van der Waals surface area (Å²) < 4.78 is 5.39. The maximum atomic E-state index is 11.7. The highest BCUT2D eigenvalue weighted by atomic mass is 35.5. The average molecular weight is 315 g/mol. The zero-order chi connectivity index (χ0) is 14.6. The van der Waals surface area contributed by atoms with Gasteiger partial charge >= 0.3 is 0 Å². The van der Waals surface area contributed by atoms with Crippen LogP contribution in [0.15, 0.2) is 24.3 Å². The van der Waals surface area contributed by atoms with Crippen molar-refractivity contribution in [1.29, 1.82) is 0 Å². The fraction of sp³-hybridized carbons (Fsp3) is 0.562. The number of benzene rings is 1. The Kier molecular flexibility index (Phi) is 11.7. The van der Waals surface area contributed by atoms with Crippen molar-refractivity contribution in [2.45, 2.75) is 33.1 Å². The van der Waals surface area contributed by atoms with Gasteiger partial charge in [0.1, 0.15) is 5.75 Å². The standard InChI is InChI=1S/C16H26N2O2.ClH/c1-3-11-17-12-13-18-16(19)10-7-14-5-8-15(9-6-14)20-4-2;/h5-6,8-9,17H,3-4,7,10-13H2,1-2H3,(H,18,19);1H. The van der Waals surface area contributed by atoms with Crippen LogP contribution in [0.1, 0.15) is 32.3 Å². The molecule has 0 spiro atoms. The number of nitrogens with one attached hydrogen (secondary N) is 2. The van der Waals surface area contributed by atoms with Crippen LogP contribution in [-0.2, 0) is 11.2 Å². The molecule has 5 heteroatoms. The largest absolute Gasteiger partial charge is 0.494 e. The Labute approximate surface area is 134 Å². The van der Waals surface area contributed by atoms with Gasteiger partial charge in [0.05, 0.1) is 6.61 Å². The minimum Gasteiger partial charge on any atom is -0.494 e. The van der Waals surface area contributed by atoms with E-state index in [1.165, 1.54) is 0 Å². The maximum Gasteiger partial charge on any atom is 0.220 e. The van der Waals surface area contributed by atoms with Crippen molar-refractivity contribution < 1.29 is 9.53 Å². The summed E-state index contributed by atoms with van der Waals surface area (Å²) in [6, 6.07) is 7.93. The van der Waals surface area contributed by atoms with E-state index >= 15 is 0 Å². The minimum absolute atomic E-state index is 0. The summed E-state index contributed by atoms with van der Waals surface area (Å²) in [6.45, 7) is 7.30. The molecule has 0 heterocycles. The first kappa shape index (κ1) is 19.7. The third kappa shape index (κ3) is 9.32. The van der Waals surface area contributed by atoms with Gasteiger partial charge in [-0.3, -0.25) is 4.79 Å². The summed E-state index contributed by atoms with van der Waals surface area (Å²) >= 11 is 0. The molecule has 0 saturated heterocycles. The molecule has 4 nitrogen and oxygen atoms in total. The van der Waals surface area contributed by atoms with Crippen molar-refractivity contribution in [3.8, 4) is 5.75 Å². The Morgan fingerprint density at radius 2 is 1.81 bits per heavy atom. The van der Waals surface area contributed by atoms with E-state index in [1.54, 1.807) is 0 Å².